The van der Waals surface area contributed by atoms with Gasteiger partial charge in [-0.25, -0.2) is 0 Å². The second kappa shape index (κ2) is 8.72. The van der Waals surface area contributed by atoms with Gasteiger partial charge in [0.1, 0.15) is 0 Å². The van der Waals surface area contributed by atoms with Crippen LogP contribution in [0.15, 0.2) is 30.3 Å². The van der Waals surface area contributed by atoms with Crippen molar-refractivity contribution in [3.63, 3.8) is 0 Å². The summed E-state index contributed by atoms with van der Waals surface area (Å²) in [4.78, 5) is 13.7. The van der Waals surface area contributed by atoms with E-state index >= 15 is 0 Å². The Hall–Kier alpha value is -1.39. The Kier molecular flexibility index (Phi) is 7.26. The lowest BCUT2D eigenvalue weighted by Crippen LogP contribution is -2.39. The molecule has 0 fully saturated rings. The fourth-order valence-electron chi connectivity index (χ4n) is 2.11. The lowest BCUT2D eigenvalue weighted by atomic mass is 10.1. The number of aliphatic hydroxyl groups excluding tert-OH is 1. The molecule has 1 rings (SSSR count). The number of hydrogen-bond donors (Lipinski definition) is 2. The molecule has 1 amide bonds. The average molecular weight is 278 g/mol. The van der Waals surface area contributed by atoms with Crippen molar-refractivity contribution in [2.24, 2.45) is 5.92 Å². The smallest absolute Gasteiger partial charge is 0.234 e. The predicted octanol–water partition coefficient (Wildman–Crippen LogP) is 1.64. The van der Waals surface area contributed by atoms with Gasteiger partial charge in [-0.3, -0.25) is 9.69 Å². The highest BCUT2D eigenvalue weighted by Gasteiger charge is 2.10. The maximum absolute atomic E-state index is 11.8. The van der Waals surface area contributed by atoms with Gasteiger partial charge in [0, 0.05) is 13.1 Å². The monoisotopic (exact) mass is 278 g/mol. The van der Waals surface area contributed by atoms with Crippen molar-refractivity contribution in [1.82, 2.24) is 10.2 Å². The van der Waals surface area contributed by atoms with Crippen molar-refractivity contribution < 1.29 is 9.90 Å². The first-order valence-corrected chi connectivity index (χ1v) is 7.14. The van der Waals surface area contributed by atoms with Crippen molar-refractivity contribution in [1.29, 1.82) is 0 Å². The van der Waals surface area contributed by atoms with E-state index in [-0.39, 0.29) is 5.91 Å². The van der Waals surface area contributed by atoms with Gasteiger partial charge in [0.05, 0.1) is 12.6 Å². The zero-order valence-corrected chi connectivity index (χ0v) is 12.7. The lowest BCUT2D eigenvalue weighted by molar-refractivity contribution is -0.122. The number of hydrogen-bond acceptors (Lipinski definition) is 3. The van der Waals surface area contributed by atoms with Crippen LogP contribution in [-0.4, -0.2) is 42.2 Å². The molecule has 0 spiro atoms. The standard InChI is InChI=1S/C16H26N2O2/c1-13(2)9-15(19)10-17-16(20)12-18(3)11-14-7-5-4-6-8-14/h4-8,13,15,19H,9-12H2,1-3H3,(H,17,20). The van der Waals surface area contributed by atoms with Crippen LogP contribution in [0.2, 0.25) is 0 Å². The van der Waals surface area contributed by atoms with Gasteiger partial charge in [-0.15, -0.1) is 0 Å². The number of benzene rings is 1. The van der Waals surface area contributed by atoms with Gasteiger partial charge in [0.25, 0.3) is 0 Å². The van der Waals surface area contributed by atoms with E-state index in [1.54, 1.807) is 0 Å². The Balaban J connectivity index is 2.24. The second-order valence-electron chi connectivity index (χ2n) is 5.75. The van der Waals surface area contributed by atoms with E-state index in [1.165, 1.54) is 5.56 Å². The third-order valence-electron chi connectivity index (χ3n) is 2.99. The molecule has 0 aliphatic rings. The minimum Gasteiger partial charge on any atom is -0.391 e. The van der Waals surface area contributed by atoms with Crippen LogP contribution >= 0.6 is 0 Å². The van der Waals surface area contributed by atoms with Crippen molar-refractivity contribution in [2.75, 3.05) is 20.1 Å². The molecule has 1 unspecified atom stereocenters. The summed E-state index contributed by atoms with van der Waals surface area (Å²) in [6.45, 7) is 5.51. The lowest BCUT2D eigenvalue weighted by Gasteiger charge is -2.18. The van der Waals surface area contributed by atoms with Crippen LogP contribution in [0.4, 0.5) is 0 Å². The minimum absolute atomic E-state index is 0.0498. The Morgan fingerprint density at radius 1 is 1.30 bits per heavy atom. The van der Waals surface area contributed by atoms with Crippen LogP contribution in [0.1, 0.15) is 25.8 Å². The first kappa shape index (κ1) is 16.7. The first-order valence-electron chi connectivity index (χ1n) is 7.14. The largest absolute Gasteiger partial charge is 0.391 e. The van der Waals surface area contributed by atoms with Gasteiger partial charge in [0.15, 0.2) is 0 Å². The molecule has 0 saturated carbocycles. The van der Waals surface area contributed by atoms with Crippen LogP contribution < -0.4 is 5.32 Å². The van der Waals surface area contributed by atoms with E-state index in [1.807, 2.05) is 42.3 Å². The molecule has 1 aromatic carbocycles. The molecule has 4 heteroatoms. The summed E-state index contributed by atoms with van der Waals surface area (Å²) in [5, 5.41) is 12.5. The van der Waals surface area contributed by atoms with Gasteiger partial charge in [-0.1, -0.05) is 44.2 Å². The van der Waals surface area contributed by atoms with Gasteiger partial charge < -0.3 is 10.4 Å². The fraction of sp³-hybridized carbons (Fsp3) is 0.562. The minimum atomic E-state index is -0.460. The van der Waals surface area contributed by atoms with Gasteiger partial charge in [-0.2, -0.15) is 0 Å². The molecule has 0 aromatic heterocycles. The fourth-order valence-corrected chi connectivity index (χ4v) is 2.11. The predicted molar refractivity (Wildman–Crippen MR) is 81.2 cm³/mol. The average Bonchev–Trinajstić information content (AvgIpc) is 2.36. The molecule has 112 valence electrons. The number of likely N-dealkylation sites (N-methyl/N-ethyl adjacent to an activating group) is 1. The number of carbonyl (C=O) groups excluding carboxylic acids is 1. The summed E-state index contributed by atoms with van der Waals surface area (Å²) >= 11 is 0. The highest BCUT2D eigenvalue weighted by Crippen LogP contribution is 2.04. The number of carbonyl (C=O) groups is 1. The topological polar surface area (TPSA) is 52.6 Å². The maximum Gasteiger partial charge on any atom is 0.234 e. The molecule has 0 aliphatic carbocycles. The summed E-state index contributed by atoms with van der Waals surface area (Å²) in [6.07, 6.45) is 0.249. The first-order chi connectivity index (χ1) is 9.47. The Labute approximate surface area is 121 Å². The molecule has 1 atom stereocenters. The molecule has 20 heavy (non-hydrogen) atoms. The third kappa shape index (κ3) is 7.26. The van der Waals surface area contributed by atoms with E-state index in [4.69, 9.17) is 0 Å². The number of rotatable bonds is 8. The summed E-state index contributed by atoms with van der Waals surface area (Å²) in [5.74, 6) is 0.383. The highest BCUT2D eigenvalue weighted by molar-refractivity contribution is 5.77. The van der Waals surface area contributed by atoms with E-state index in [9.17, 15) is 9.90 Å². The normalized spacial score (nSPS) is 12.7. The van der Waals surface area contributed by atoms with Crippen LogP contribution in [-0.2, 0) is 11.3 Å². The van der Waals surface area contributed by atoms with Crippen molar-refractivity contribution in [2.45, 2.75) is 32.9 Å². The van der Waals surface area contributed by atoms with E-state index in [0.717, 1.165) is 6.54 Å². The number of nitrogens with one attached hydrogen (secondary N) is 1. The summed E-state index contributed by atoms with van der Waals surface area (Å²) < 4.78 is 0. The van der Waals surface area contributed by atoms with E-state index in [2.05, 4.69) is 19.2 Å². The Bertz CT molecular complexity index is 393. The van der Waals surface area contributed by atoms with Crippen LogP contribution in [0.3, 0.4) is 0 Å². The number of nitrogens with zero attached hydrogens (tertiary/aromatic N) is 1. The van der Waals surface area contributed by atoms with Gasteiger partial charge >= 0.3 is 0 Å². The molecule has 2 N–H and O–H groups in total. The molecule has 0 radical (unpaired) electrons. The molecule has 0 aliphatic heterocycles. The highest BCUT2D eigenvalue weighted by atomic mass is 16.3. The molecule has 1 aromatic rings. The number of amides is 1. The van der Waals surface area contributed by atoms with Crippen LogP contribution in [0.5, 0.6) is 0 Å². The van der Waals surface area contributed by atoms with Crippen molar-refractivity contribution in [3.05, 3.63) is 35.9 Å². The molecule has 0 saturated heterocycles. The molecule has 0 heterocycles. The summed E-state index contributed by atoms with van der Waals surface area (Å²) in [7, 11) is 1.91. The molecule has 0 bridgehead atoms. The van der Waals surface area contributed by atoms with Gasteiger partial charge in [-0.05, 0) is 24.9 Å². The molecular weight excluding hydrogens is 252 g/mol. The number of aliphatic hydroxyl groups is 1. The van der Waals surface area contributed by atoms with Crippen LogP contribution in [0.25, 0.3) is 0 Å². The van der Waals surface area contributed by atoms with E-state index < -0.39 is 6.10 Å². The molecular formula is C16H26N2O2. The maximum atomic E-state index is 11.8. The molecule has 4 nitrogen and oxygen atoms in total. The van der Waals surface area contributed by atoms with Crippen LogP contribution in [0, 0.1) is 5.92 Å². The zero-order chi connectivity index (χ0) is 15.0. The summed E-state index contributed by atoms with van der Waals surface area (Å²) in [5.41, 5.74) is 1.18. The third-order valence-corrected chi connectivity index (χ3v) is 2.99. The van der Waals surface area contributed by atoms with Crippen molar-refractivity contribution >= 4 is 5.91 Å². The second-order valence-corrected chi connectivity index (χ2v) is 5.75. The zero-order valence-electron chi connectivity index (χ0n) is 12.7. The summed E-state index contributed by atoms with van der Waals surface area (Å²) in [6, 6.07) is 10.0. The Morgan fingerprint density at radius 3 is 2.55 bits per heavy atom. The van der Waals surface area contributed by atoms with Gasteiger partial charge in [0.2, 0.25) is 5.91 Å². The van der Waals surface area contributed by atoms with Crippen molar-refractivity contribution in [3.8, 4) is 0 Å². The van der Waals surface area contributed by atoms with E-state index in [0.29, 0.717) is 25.4 Å². The Morgan fingerprint density at radius 2 is 1.95 bits per heavy atom. The SMILES string of the molecule is CC(C)CC(O)CNC(=O)CN(C)Cc1ccccc1. The quantitative estimate of drug-likeness (QED) is 0.760.